The molecule has 1 fully saturated rings. The number of nitrogens with zero attached hydrogens (tertiary/aromatic N) is 1. The van der Waals surface area contributed by atoms with Crippen molar-refractivity contribution in [2.45, 2.75) is 18.4 Å². The fourth-order valence-electron chi connectivity index (χ4n) is 4.08. The van der Waals surface area contributed by atoms with Crippen molar-refractivity contribution in [3.05, 3.63) is 56.7 Å². The lowest BCUT2D eigenvalue weighted by atomic mass is 9.89. The monoisotopic (exact) mass is 481 g/mol. The molecule has 0 spiro atoms. The van der Waals surface area contributed by atoms with Crippen LogP contribution in [0.25, 0.3) is 22.3 Å². The first-order valence-electron chi connectivity index (χ1n) is 9.00. The quantitative estimate of drug-likeness (QED) is 0.525. The van der Waals surface area contributed by atoms with E-state index >= 15 is 0 Å². The van der Waals surface area contributed by atoms with Crippen LogP contribution in [0.2, 0.25) is 0 Å². The van der Waals surface area contributed by atoms with Gasteiger partial charge in [0.25, 0.3) is 0 Å². The zero-order valence-electron chi connectivity index (χ0n) is 15.6. The molecule has 29 heavy (non-hydrogen) atoms. The molecular weight excluding hydrogens is 462 g/mol. The zero-order chi connectivity index (χ0) is 20.0. The lowest BCUT2D eigenvalue weighted by molar-refractivity contribution is 0.172. The Balaban J connectivity index is 0.00000240. The second kappa shape index (κ2) is 8.36. The Labute approximate surface area is 181 Å². The molecule has 1 aliphatic rings. The van der Waals surface area contributed by atoms with Crippen LogP contribution in [0.5, 0.6) is 11.5 Å². The lowest BCUT2D eigenvalue weighted by Crippen LogP contribution is -2.32. The van der Waals surface area contributed by atoms with E-state index < -0.39 is 0 Å². The van der Waals surface area contributed by atoms with Gasteiger partial charge in [-0.3, -0.25) is 4.79 Å². The van der Waals surface area contributed by atoms with Gasteiger partial charge < -0.3 is 24.6 Å². The van der Waals surface area contributed by atoms with Gasteiger partial charge in [-0.15, -0.1) is 12.4 Å². The predicted molar refractivity (Wildman–Crippen MR) is 117 cm³/mol. The molecule has 1 aliphatic heterocycles. The Morgan fingerprint density at radius 3 is 2.66 bits per heavy atom. The van der Waals surface area contributed by atoms with E-state index in [-0.39, 0.29) is 58.9 Å². The first-order valence-corrected chi connectivity index (χ1v) is 9.79. The van der Waals surface area contributed by atoms with Gasteiger partial charge in [-0.1, -0.05) is 28.1 Å². The number of rotatable bonds is 3. The molecule has 0 radical (unpaired) electrons. The fourth-order valence-corrected chi connectivity index (χ4v) is 4.47. The molecule has 154 valence electrons. The average Bonchev–Trinajstić information content (AvgIpc) is 3.01. The molecule has 1 aromatic heterocycles. The number of likely N-dealkylation sites (tertiary alicyclic amines) is 1. The molecule has 3 aromatic rings. The summed E-state index contributed by atoms with van der Waals surface area (Å²) < 4.78 is 6.91. The first kappa shape index (κ1) is 21.6. The van der Waals surface area contributed by atoms with E-state index in [1.807, 2.05) is 36.2 Å². The van der Waals surface area contributed by atoms with Gasteiger partial charge in [-0.2, -0.15) is 0 Å². The van der Waals surface area contributed by atoms with E-state index in [0.717, 1.165) is 11.0 Å². The maximum Gasteiger partial charge on any atom is 0.197 e. The van der Waals surface area contributed by atoms with Gasteiger partial charge in [0.15, 0.2) is 5.43 Å². The summed E-state index contributed by atoms with van der Waals surface area (Å²) in [6, 6.07) is 9.65. The van der Waals surface area contributed by atoms with Gasteiger partial charge in [0.2, 0.25) is 0 Å². The molecule has 0 amide bonds. The van der Waals surface area contributed by atoms with E-state index in [9.17, 15) is 20.1 Å². The van der Waals surface area contributed by atoms with Crippen LogP contribution in [0.1, 0.15) is 17.9 Å². The Morgan fingerprint density at radius 2 is 1.97 bits per heavy atom. The van der Waals surface area contributed by atoms with E-state index in [4.69, 9.17) is 4.42 Å². The molecule has 6 nitrogen and oxygen atoms in total. The van der Waals surface area contributed by atoms with Crippen molar-refractivity contribution >= 4 is 39.3 Å². The molecule has 0 bridgehead atoms. The number of hydrogen-bond donors (Lipinski definition) is 3. The second-order valence-corrected chi connectivity index (χ2v) is 8.06. The molecule has 3 N–H and O–H groups in total. The van der Waals surface area contributed by atoms with Crippen molar-refractivity contribution in [2.24, 2.45) is 0 Å². The van der Waals surface area contributed by atoms with Gasteiger partial charge >= 0.3 is 0 Å². The maximum absolute atomic E-state index is 12.8. The summed E-state index contributed by atoms with van der Waals surface area (Å²) in [5.41, 5.74) is 0.926. The number of phenolic OH excluding ortho intramolecular Hbond substituents is 2. The van der Waals surface area contributed by atoms with Crippen LogP contribution in [0.4, 0.5) is 0 Å². The van der Waals surface area contributed by atoms with Crippen LogP contribution in [0.3, 0.4) is 0 Å². The van der Waals surface area contributed by atoms with Gasteiger partial charge in [0.05, 0.1) is 6.61 Å². The fraction of sp³-hybridized carbons (Fsp3) is 0.286. The minimum Gasteiger partial charge on any atom is -0.507 e. The smallest absolute Gasteiger partial charge is 0.197 e. The third-order valence-corrected chi connectivity index (χ3v) is 5.98. The van der Waals surface area contributed by atoms with E-state index in [0.29, 0.717) is 23.3 Å². The summed E-state index contributed by atoms with van der Waals surface area (Å²) in [6.45, 7) is 0.659. The SMILES string of the molecule is CN1CC[C@H](c2c(O)cc(O)c3c(=O)cc(-c4cccc(Br)c4)oc23)[C@H]1CO.Cl. The molecule has 2 atom stereocenters. The summed E-state index contributed by atoms with van der Waals surface area (Å²) in [6.07, 6.45) is 0.694. The van der Waals surface area contributed by atoms with Crippen molar-refractivity contribution in [1.82, 2.24) is 4.90 Å². The number of fused-ring (bicyclic) bond motifs is 1. The first-order chi connectivity index (χ1) is 13.4. The van der Waals surface area contributed by atoms with E-state index in [1.54, 1.807) is 0 Å². The third kappa shape index (κ3) is 3.75. The van der Waals surface area contributed by atoms with Crippen molar-refractivity contribution in [1.29, 1.82) is 0 Å². The number of phenols is 2. The molecule has 0 saturated carbocycles. The highest BCUT2D eigenvalue weighted by atomic mass is 79.9. The molecule has 8 heteroatoms. The highest BCUT2D eigenvalue weighted by molar-refractivity contribution is 9.10. The zero-order valence-corrected chi connectivity index (χ0v) is 18.0. The summed E-state index contributed by atoms with van der Waals surface area (Å²) in [5, 5.41) is 30.8. The number of aromatic hydroxyl groups is 2. The van der Waals surface area contributed by atoms with E-state index in [1.165, 1.54) is 12.1 Å². The summed E-state index contributed by atoms with van der Waals surface area (Å²) in [5.74, 6) is -0.341. The average molecular weight is 483 g/mol. The van der Waals surface area contributed by atoms with Gasteiger partial charge in [0, 0.05) is 39.7 Å². The molecule has 0 unspecified atom stereocenters. The molecule has 2 aromatic carbocycles. The minimum atomic E-state index is -0.387. The highest BCUT2D eigenvalue weighted by Crippen LogP contribution is 2.44. The molecule has 1 saturated heterocycles. The number of aliphatic hydroxyl groups excluding tert-OH is 1. The topological polar surface area (TPSA) is 94.1 Å². The van der Waals surface area contributed by atoms with Gasteiger partial charge in [0.1, 0.15) is 28.2 Å². The third-order valence-electron chi connectivity index (χ3n) is 5.49. The van der Waals surface area contributed by atoms with Crippen molar-refractivity contribution in [3.63, 3.8) is 0 Å². The number of benzene rings is 2. The van der Waals surface area contributed by atoms with Gasteiger partial charge in [-0.25, -0.2) is 0 Å². The number of halogens is 2. The Bertz CT molecular complexity index is 1120. The number of likely N-dealkylation sites (N-methyl/N-ethyl adjacent to an activating group) is 1. The van der Waals surface area contributed by atoms with Crippen molar-refractivity contribution in [3.8, 4) is 22.8 Å². The van der Waals surface area contributed by atoms with Gasteiger partial charge in [-0.05, 0) is 32.1 Å². The molecular formula is C21H21BrClNO5. The van der Waals surface area contributed by atoms with E-state index in [2.05, 4.69) is 15.9 Å². The highest BCUT2D eigenvalue weighted by Gasteiger charge is 2.36. The van der Waals surface area contributed by atoms with Crippen LogP contribution < -0.4 is 5.43 Å². The Hall–Kier alpha value is -2.06. The predicted octanol–water partition coefficient (Wildman–Crippen LogP) is 3.84. The normalized spacial score (nSPS) is 19.4. The number of aliphatic hydroxyl groups is 1. The van der Waals surface area contributed by atoms with Crippen LogP contribution in [-0.2, 0) is 0 Å². The maximum atomic E-state index is 12.8. The van der Waals surface area contributed by atoms with Crippen molar-refractivity contribution in [2.75, 3.05) is 20.2 Å². The largest absolute Gasteiger partial charge is 0.507 e. The summed E-state index contributed by atoms with van der Waals surface area (Å²) in [4.78, 5) is 14.8. The summed E-state index contributed by atoms with van der Waals surface area (Å²) >= 11 is 3.41. The summed E-state index contributed by atoms with van der Waals surface area (Å²) in [7, 11) is 1.91. The minimum absolute atomic E-state index is 0. The van der Waals surface area contributed by atoms with Crippen LogP contribution in [0, 0.1) is 0 Å². The molecule has 2 heterocycles. The van der Waals surface area contributed by atoms with Crippen LogP contribution >= 0.6 is 28.3 Å². The Kier molecular flexibility index (Phi) is 6.24. The van der Waals surface area contributed by atoms with Crippen molar-refractivity contribution < 1.29 is 19.7 Å². The molecule has 4 rings (SSSR count). The number of hydrogen-bond acceptors (Lipinski definition) is 6. The molecule has 0 aliphatic carbocycles. The Morgan fingerprint density at radius 1 is 1.21 bits per heavy atom. The lowest BCUT2D eigenvalue weighted by Gasteiger charge is -2.24. The standard InChI is InChI=1S/C21H20BrNO5.ClH/c1-23-6-5-13(14(23)10-24)19-15(25)8-16(26)20-17(27)9-18(28-21(19)20)11-3-2-4-12(22)7-11;/h2-4,7-9,13-14,24-26H,5-6,10H2,1H3;1H/t13-,14+;/m0./s1. The van der Waals surface area contributed by atoms with Crippen LogP contribution in [-0.4, -0.2) is 46.5 Å². The second-order valence-electron chi connectivity index (χ2n) is 7.14. The van der Waals surface area contributed by atoms with Crippen LogP contribution in [0.15, 0.2) is 50.1 Å².